The van der Waals surface area contributed by atoms with E-state index in [0.717, 1.165) is 18.4 Å². The predicted molar refractivity (Wildman–Crippen MR) is 166 cm³/mol. The quantitative estimate of drug-likeness (QED) is 0.0748. The first kappa shape index (κ1) is 38.3. The minimum absolute atomic E-state index is 0.0484. The summed E-state index contributed by atoms with van der Waals surface area (Å²) in [5.74, 6) is -2.85. The molecule has 11 N–H and O–H groups in total. The number of carbonyl (C=O) groups excluding carboxylic acids is 4. The van der Waals surface area contributed by atoms with Gasteiger partial charge in [-0.2, -0.15) is 0 Å². The highest BCUT2D eigenvalue weighted by atomic mass is 16.5. The Morgan fingerprint density at radius 3 is 1.82 bits per heavy atom. The summed E-state index contributed by atoms with van der Waals surface area (Å²) < 4.78 is 5.20. The minimum atomic E-state index is -1.22. The molecule has 1 aromatic rings. The zero-order valence-corrected chi connectivity index (χ0v) is 25.6. The largest absolute Gasteiger partial charge is 0.480 e. The SMILES string of the molecule is NCCCCCC(=O)N[C@@H](CCCCN)C(=O)N[C@@H](CCNC(=O)OCc1ccccc1)C(=O)N[C@@H](CCCCN)C(=O)O. The van der Waals surface area contributed by atoms with Gasteiger partial charge in [0, 0.05) is 13.0 Å². The van der Waals surface area contributed by atoms with Gasteiger partial charge < -0.3 is 48.3 Å². The van der Waals surface area contributed by atoms with E-state index < -0.39 is 42.0 Å². The average Bonchev–Trinajstić information content (AvgIpc) is 3.01. The van der Waals surface area contributed by atoms with E-state index in [4.69, 9.17) is 21.9 Å². The number of rotatable bonds is 24. The number of nitrogens with one attached hydrogen (secondary N) is 4. The van der Waals surface area contributed by atoms with Gasteiger partial charge in [-0.15, -0.1) is 0 Å². The fourth-order valence-corrected chi connectivity index (χ4v) is 4.29. The van der Waals surface area contributed by atoms with Crippen LogP contribution in [0.1, 0.15) is 76.2 Å². The molecule has 44 heavy (non-hydrogen) atoms. The van der Waals surface area contributed by atoms with Crippen LogP contribution in [0.2, 0.25) is 0 Å². The number of aliphatic carboxylic acids is 1. The van der Waals surface area contributed by atoms with Crippen LogP contribution in [0, 0.1) is 0 Å². The molecule has 1 rings (SSSR count). The molecule has 0 aliphatic carbocycles. The first-order valence-corrected chi connectivity index (χ1v) is 15.4. The van der Waals surface area contributed by atoms with Crippen LogP contribution < -0.4 is 38.5 Å². The summed E-state index contributed by atoms with van der Waals surface area (Å²) in [7, 11) is 0. The third kappa shape index (κ3) is 17.4. The summed E-state index contributed by atoms with van der Waals surface area (Å²) in [5, 5.41) is 20.1. The first-order valence-electron chi connectivity index (χ1n) is 15.4. The van der Waals surface area contributed by atoms with Crippen LogP contribution in [0.4, 0.5) is 4.79 Å². The molecule has 4 amide bonds. The van der Waals surface area contributed by atoms with E-state index in [1.807, 2.05) is 18.2 Å². The van der Waals surface area contributed by atoms with Crippen molar-refractivity contribution in [1.82, 2.24) is 21.3 Å². The number of unbranched alkanes of at least 4 members (excludes halogenated alkanes) is 4. The number of hydrogen-bond donors (Lipinski definition) is 8. The van der Waals surface area contributed by atoms with Gasteiger partial charge in [0.05, 0.1) is 0 Å². The molecule has 14 nitrogen and oxygen atoms in total. The van der Waals surface area contributed by atoms with Crippen LogP contribution in [0.25, 0.3) is 0 Å². The van der Waals surface area contributed by atoms with Gasteiger partial charge >= 0.3 is 12.1 Å². The number of ether oxygens (including phenoxy) is 1. The number of alkyl carbamates (subject to hydrolysis) is 1. The molecule has 0 unspecified atom stereocenters. The zero-order chi connectivity index (χ0) is 32.6. The Balaban J connectivity index is 2.93. The van der Waals surface area contributed by atoms with Crippen LogP contribution in [0.5, 0.6) is 0 Å². The summed E-state index contributed by atoms with van der Waals surface area (Å²) in [4.78, 5) is 63.2. The number of carboxylic acid groups (broad SMARTS) is 1. The molecular formula is C30H51N7O7. The van der Waals surface area contributed by atoms with Gasteiger partial charge in [0.1, 0.15) is 24.7 Å². The lowest BCUT2D eigenvalue weighted by atomic mass is 10.1. The molecule has 0 fully saturated rings. The molecule has 0 radical (unpaired) electrons. The summed E-state index contributed by atoms with van der Waals surface area (Å²) >= 11 is 0. The van der Waals surface area contributed by atoms with Crippen LogP contribution >= 0.6 is 0 Å². The molecule has 1 aromatic carbocycles. The van der Waals surface area contributed by atoms with E-state index in [1.165, 1.54) is 0 Å². The number of nitrogens with two attached hydrogens (primary N) is 3. The van der Waals surface area contributed by atoms with Crippen molar-refractivity contribution in [3.63, 3.8) is 0 Å². The molecule has 0 bridgehead atoms. The Bertz CT molecular complexity index is 997. The molecule has 0 aliphatic rings. The molecule has 0 aliphatic heterocycles. The van der Waals surface area contributed by atoms with Crippen molar-refractivity contribution in [3.8, 4) is 0 Å². The van der Waals surface area contributed by atoms with Gasteiger partial charge in [0.25, 0.3) is 0 Å². The number of hydrogen-bond acceptors (Lipinski definition) is 9. The monoisotopic (exact) mass is 621 g/mol. The van der Waals surface area contributed by atoms with E-state index in [9.17, 15) is 29.1 Å². The average molecular weight is 622 g/mol. The van der Waals surface area contributed by atoms with Crippen LogP contribution in [0.3, 0.4) is 0 Å². The Kier molecular flexibility index (Phi) is 20.6. The van der Waals surface area contributed by atoms with Crippen molar-refractivity contribution in [2.24, 2.45) is 17.2 Å². The molecule has 248 valence electrons. The minimum Gasteiger partial charge on any atom is -0.480 e. The van der Waals surface area contributed by atoms with Gasteiger partial charge in [0.2, 0.25) is 17.7 Å². The van der Waals surface area contributed by atoms with Gasteiger partial charge in [-0.1, -0.05) is 36.8 Å². The first-order chi connectivity index (χ1) is 21.2. The van der Waals surface area contributed by atoms with Crippen molar-refractivity contribution in [1.29, 1.82) is 0 Å². The van der Waals surface area contributed by atoms with Gasteiger partial charge in [-0.05, 0) is 83.0 Å². The molecular weight excluding hydrogens is 570 g/mol. The van der Waals surface area contributed by atoms with E-state index in [1.54, 1.807) is 12.1 Å². The van der Waals surface area contributed by atoms with Gasteiger partial charge in [0.15, 0.2) is 0 Å². The normalized spacial score (nSPS) is 12.8. The standard InChI is InChI=1S/C30H51N7O7/c31-17-8-2-5-15-26(38)35-23(13-6-9-18-32)27(39)36-24(28(40)37-25(29(41)42)14-7-10-19-33)16-20-34-30(43)44-21-22-11-3-1-4-12-22/h1,3-4,11-12,23-25H,2,5-10,13-21,31-33H2,(H,34,43)(H,35,38)(H,36,39)(H,37,40)(H,41,42)/t23-,24-,25-/m0/s1. The van der Waals surface area contributed by atoms with Crippen LogP contribution in [-0.4, -0.2) is 79.2 Å². The Morgan fingerprint density at radius 2 is 1.23 bits per heavy atom. The highest BCUT2D eigenvalue weighted by molar-refractivity contribution is 5.93. The maximum Gasteiger partial charge on any atom is 0.407 e. The number of amides is 4. The predicted octanol–water partition coefficient (Wildman–Crippen LogP) is 0.619. The Hall–Kier alpha value is -3.75. The molecule has 0 saturated heterocycles. The second-order valence-corrected chi connectivity index (χ2v) is 10.5. The van der Waals surface area contributed by atoms with E-state index in [2.05, 4.69) is 21.3 Å². The Labute approximate surface area is 259 Å². The second-order valence-electron chi connectivity index (χ2n) is 10.5. The summed E-state index contributed by atoms with van der Waals surface area (Å²) in [5.41, 5.74) is 17.4. The van der Waals surface area contributed by atoms with E-state index >= 15 is 0 Å². The van der Waals surface area contributed by atoms with Crippen molar-refractivity contribution in [2.45, 2.75) is 95.4 Å². The summed E-state index contributed by atoms with van der Waals surface area (Å²) in [6.45, 7) is 1.33. The third-order valence-corrected chi connectivity index (χ3v) is 6.82. The molecule has 3 atom stereocenters. The molecule has 0 spiro atoms. The zero-order valence-electron chi connectivity index (χ0n) is 25.6. The van der Waals surface area contributed by atoms with Crippen LogP contribution in [-0.2, 0) is 30.5 Å². The molecule has 14 heteroatoms. The molecule has 0 heterocycles. The van der Waals surface area contributed by atoms with Crippen molar-refractivity contribution in [3.05, 3.63) is 35.9 Å². The molecule has 0 saturated carbocycles. The maximum absolute atomic E-state index is 13.4. The topological polar surface area (TPSA) is 241 Å². The highest BCUT2D eigenvalue weighted by Crippen LogP contribution is 2.07. The van der Waals surface area contributed by atoms with E-state index in [0.29, 0.717) is 58.2 Å². The second kappa shape index (κ2) is 23.7. The van der Waals surface area contributed by atoms with E-state index in [-0.39, 0.29) is 38.3 Å². The number of carbonyl (C=O) groups is 5. The van der Waals surface area contributed by atoms with Crippen molar-refractivity contribution < 1.29 is 33.8 Å². The fourth-order valence-electron chi connectivity index (χ4n) is 4.29. The fraction of sp³-hybridized carbons (Fsp3) is 0.633. The van der Waals surface area contributed by atoms with Crippen molar-refractivity contribution >= 4 is 29.8 Å². The third-order valence-electron chi connectivity index (χ3n) is 6.82. The maximum atomic E-state index is 13.4. The molecule has 0 aromatic heterocycles. The van der Waals surface area contributed by atoms with Gasteiger partial charge in [-0.25, -0.2) is 9.59 Å². The lowest BCUT2D eigenvalue weighted by molar-refractivity contribution is -0.142. The number of benzene rings is 1. The van der Waals surface area contributed by atoms with Crippen molar-refractivity contribution in [2.75, 3.05) is 26.2 Å². The highest BCUT2D eigenvalue weighted by Gasteiger charge is 2.29. The summed E-state index contributed by atoms with van der Waals surface area (Å²) in [6, 6.07) is 5.76. The van der Waals surface area contributed by atoms with Crippen LogP contribution in [0.15, 0.2) is 30.3 Å². The summed E-state index contributed by atoms with van der Waals surface area (Å²) in [6.07, 6.45) is 4.38. The Morgan fingerprint density at radius 1 is 0.682 bits per heavy atom. The lowest BCUT2D eigenvalue weighted by Gasteiger charge is -2.25. The lowest BCUT2D eigenvalue weighted by Crippen LogP contribution is -2.56. The van der Waals surface area contributed by atoms with Gasteiger partial charge in [-0.3, -0.25) is 14.4 Å². The smallest absolute Gasteiger partial charge is 0.407 e. The number of carboxylic acids is 1.